The van der Waals surface area contributed by atoms with Gasteiger partial charge in [-0.1, -0.05) is 19.1 Å². The van der Waals surface area contributed by atoms with Crippen molar-refractivity contribution in [3.8, 4) is 5.75 Å². The number of ether oxygens (including phenoxy) is 2. The number of rotatable bonds is 8. The van der Waals surface area contributed by atoms with Crippen molar-refractivity contribution in [3.63, 3.8) is 0 Å². The van der Waals surface area contributed by atoms with E-state index in [1.807, 2.05) is 0 Å². The van der Waals surface area contributed by atoms with Gasteiger partial charge in [-0.25, -0.2) is 13.2 Å². The van der Waals surface area contributed by atoms with E-state index in [-0.39, 0.29) is 12.0 Å². The summed E-state index contributed by atoms with van der Waals surface area (Å²) in [5.41, 5.74) is 1.72. The van der Waals surface area contributed by atoms with Gasteiger partial charge < -0.3 is 14.8 Å². The van der Waals surface area contributed by atoms with Gasteiger partial charge in [-0.15, -0.1) is 0 Å². The monoisotopic (exact) mass is 434 g/mol. The maximum absolute atomic E-state index is 13.1. The number of carbonyl (C=O) groups excluding carboxylic acids is 2. The molecule has 2 rings (SSSR count). The molecule has 0 bridgehead atoms. The van der Waals surface area contributed by atoms with Crippen molar-refractivity contribution in [2.24, 2.45) is 0 Å². The average Bonchev–Trinajstić information content (AvgIpc) is 2.71. The van der Waals surface area contributed by atoms with Gasteiger partial charge >= 0.3 is 5.97 Å². The van der Waals surface area contributed by atoms with Crippen LogP contribution in [0.1, 0.15) is 29.3 Å². The van der Waals surface area contributed by atoms with Crippen LogP contribution in [0.2, 0.25) is 0 Å². The van der Waals surface area contributed by atoms with Gasteiger partial charge in [0.15, 0.2) is 0 Å². The summed E-state index contributed by atoms with van der Waals surface area (Å²) in [6, 6.07) is 10.3. The van der Waals surface area contributed by atoms with Crippen molar-refractivity contribution >= 4 is 33.3 Å². The maximum Gasteiger partial charge on any atom is 0.337 e. The number of hydrogen-bond acceptors (Lipinski definition) is 6. The number of methoxy groups -OCH3 is 2. The molecule has 0 aromatic heterocycles. The van der Waals surface area contributed by atoms with Crippen LogP contribution in [0.15, 0.2) is 42.5 Å². The van der Waals surface area contributed by atoms with Crippen molar-refractivity contribution in [3.05, 3.63) is 53.6 Å². The fraction of sp³-hybridized carbons (Fsp3) is 0.333. The molecule has 0 aliphatic heterocycles. The molecule has 8 nitrogen and oxygen atoms in total. The lowest BCUT2D eigenvalue weighted by Crippen LogP contribution is -2.47. The van der Waals surface area contributed by atoms with Crippen LogP contribution in [-0.4, -0.2) is 46.8 Å². The number of aryl methyl sites for hydroxylation is 1. The number of esters is 1. The third kappa shape index (κ3) is 5.29. The molecule has 0 saturated heterocycles. The lowest BCUT2D eigenvalue weighted by atomic mass is 10.1. The van der Waals surface area contributed by atoms with Crippen molar-refractivity contribution in [1.29, 1.82) is 0 Å². The number of benzene rings is 2. The zero-order valence-corrected chi connectivity index (χ0v) is 18.4. The fourth-order valence-corrected chi connectivity index (χ4v) is 4.23. The Bertz CT molecular complexity index is 1040. The molecule has 0 radical (unpaired) electrons. The lowest BCUT2D eigenvalue weighted by molar-refractivity contribution is -0.117. The Kier molecular flexibility index (Phi) is 7.44. The number of hydrogen-bond donors (Lipinski definition) is 1. The summed E-state index contributed by atoms with van der Waals surface area (Å²) in [5, 5.41) is 2.75. The van der Waals surface area contributed by atoms with Crippen LogP contribution in [0, 0.1) is 6.92 Å². The first-order valence-corrected chi connectivity index (χ1v) is 11.1. The van der Waals surface area contributed by atoms with E-state index < -0.39 is 27.9 Å². The summed E-state index contributed by atoms with van der Waals surface area (Å²) in [7, 11) is -1.04. The van der Waals surface area contributed by atoms with Crippen molar-refractivity contribution < 1.29 is 27.5 Å². The molecule has 0 spiro atoms. The molecule has 2 aromatic carbocycles. The van der Waals surface area contributed by atoms with Gasteiger partial charge in [0.25, 0.3) is 0 Å². The van der Waals surface area contributed by atoms with E-state index in [0.717, 1.165) is 16.1 Å². The Balaban J connectivity index is 2.43. The molecule has 0 unspecified atom stereocenters. The number of amides is 1. The molecule has 0 fully saturated rings. The molecule has 9 heteroatoms. The number of sulfonamides is 1. The van der Waals surface area contributed by atoms with Gasteiger partial charge in [0.05, 0.1) is 31.7 Å². The second kappa shape index (κ2) is 9.62. The van der Waals surface area contributed by atoms with E-state index in [1.165, 1.54) is 20.3 Å². The van der Waals surface area contributed by atoms with Crippen molar-refractivity contribution in [2.45, 2.75) is 26.3 Å². The molecule has 0 aliphatic rings. The maximum atomic E-state index is 13.1. The normalized spacial score (nSPS) is 12.0. The highest BCUT2D eigenvalue weighted by Crippen LogP contribution is 2.27. The van der Waals surface area contributed by atoms with Crippen molar-refractivity contribution in [1.82, 2.24) is 0 Å². The van der Waals surface area contributed by atoms with E-state index in [9.17, 15) is 18.0 Å². The first-order valence-electron chi connectivity index (χ1n) is 9.25. The minimum atomic E-state index is -3.78. The van der Waals surface area contributed by atoms with Gasteiger partial charge in [-0.2, -0.15) is 0 Å². The third-order valence-corrected chi connectivity index (χ3v) is 5.73. The van der Waals surface area contributed by atoms with Gasteiger partial charge in [-0.05, 0) is 43.2 Å². The Morgan fingerprint density at radius 1 is 1.13 bits per heavy atom. The molecule has 1 N–H and O–H groups in total. The summed E-state index contributed by atoms with van der Waals surface area (Å²) >= 11 is 0. The minimum absolute atomic E-state index is 0.228. The summed E-state index contributed by atoms with van der Waals surface area (Å²) in [4.78, 5) is 24.9. The standard InChI is InChI=1S/C21H26N2O6S/c1-6-19(23(30(5,26)27)16-8-7-9-17(13-16)28-3)20(24)22-18-12-15(21(25)29-4)11-10-14(18)2/h7-13,19H,6H2,1-5H3,(H,22,24)/t19-/m0/s1. The molecule has 30 heavy (non-hydrogen) atoms. The number of nitrogens with zero attached hydrogens (tertiary/aromatic N) is 1. The van der Waals surface area contributed by atoms with E-state index in [2.05, 4.69) is 5.32 Å². The Hall–Kier alpha value is -3.07. The third-order valence-electron chi connectivity index (χ3n) is 4.55. The van der Waals surface area contributed by atoms with Crippen LogP contribution < -0.4 is 14.4 Å². The second-order valence-electron chi connectivity index (χ2n) is 6.69. The summed E-state index contributed by atoms with van der Waals surface area (Å²) in [5.74, 6) is -0.583. The molecule has 2 aromatic rings. The van der Waals surface area contributed by atoms with E-state index in [4.69, 9.17) is 9.47 Å². The van der Waals surface area contributed by atoms with Crippen molar-refractivity contribution in [2.75, 3.05) is 30.1 Å². The quantitative estimate of drug-likeness (QED) is 0.641. The van der Waals surface area contributed by atoms with E-state index in [1.54, 1.807) is 50.2 Å². The van der Waals surface area contributed by atoms with Gasteiger partial charge in [-0.3, -0.25) is 9.10 Å². The Labute approximate surface area is 176 Å². The molecule has 0 saturated carbocycles. The van der Waals surface area contributed by atoms with Crippen LogP contribution in [0.3, 0.4) is 0 Å². The van der Waals surface area contributed by atoms with E-state index in [0.29, 0.717) is 17.1 Å². The highest BCUT2D eigenvalue weighted by Gasteiger charge is 2.32. The highest BCUT2D eigenvalue weighted by atomic mass is 32.2. The zero-order valence-electron chi connectivity index (χ0n) is 17.6. The number of anilines is 2. The summed E-state index contributed by atoms with van der Waals surface area (Å²) < 4.78 is 36.1. The summed E-state index contributed by atoms with van der Waals surface area (Å²) in [6.07, 6.45) is 1.28. The van der Waals surface area contributed by atoms with Crippen LogP contribution in [0.25, 0.3) is 0 Å². The number of carbonyl (C=O) groups is 2. The molecule has 0 aliphatic carbocycles. The Morgan fingerprint density at radius 3 is 2.40 bits per heavy atom. The Morgan fingerprint density at radius 2 is 1.83 bits per heavy atom. The first kappa shape index (κ1) is 23.2. The molecule has 1 amide bonds. The highest BCUT2D eigenvalue weighted by molar-refractivity contribution is 7.92. The minimum Gasteiger partial charge on any atom is -0.497 e. The molecule has 1 atom stereocenters. The zero-order chi connectivity index (χ0) is 22.5. The van der Waals surface area contributed by atoms with Gasteiger partial charge in [0.1, 0.15) is 11.8 Å². The second-order valence-corrected chi connectivity index (χ2v) is 8.55. The van der Waals surface area contributed by atoms with Crippen LogP contribution in [0.4, 0.5) is 11.4 Å². The van der Waals surface area contributed by atoms with Crippen LogP contribution >= 0.6 is 0 Å². The lowest BCUT2D eigenvalue weighted by Gasteiger charge is -2.30. The van der Waals surface area contributed by atoms with Gasteiger partial charge in [0.2, 0.25) is 15.9 Å². The predicted octanol–water partition coefficient (Wildman–Crippen LogP) is 2.97. The van der Waals surface area contributed by atoms with E-state index >= 15 is 0 Å². The number of nitrogens with one attached hydrogen (secondary N) is 1. The smallest absolute Gasteiger partial charge is 0.337 e. The molecular formula is C21H26N2O6S. The molecule has 162 valence electrons. The predicted molar refractivity (Wildman–Crippen MR) is 116 cm³/mol. The van der Waals surface area contributed by atoms with Gasteiger partial charge in [0, 0.05) is 11.8 Å². The first-order chi connectivity index (χ1) is 14.1. The summed E-state index contributed by atoms with van der Waals surface area (Å²) in [6.45, 7) is 3.49. The molecule has 0 heterocycles. The average molecular weight is 435 g/mol. The fourth-order valence-electron chi connectivity index (χ4n) is 3.03. The molecular weight excluding hydrogens is 408 g/mol. The van der Waals surface area contributed by atoms with Crippen LogP contribution in [-0.2, 0) is 19.6 Å². The van der Waals surface area contributed by atoms with Crippen LogP contribution in [0.5, 0.6) is 5.75 Å². The largest absolute Gasteiger partial charge is 0.497 e. The SMILES string of the molecule is CC[C@@H](C(=O)Nc1cc(C(=O)OC)ccc1C)N(c1cccc(OC)c1)S(C)(=O)=O. The topological polar surface area (TPSA) is 102 Å².